The number of nitrogens with one attached hydrogen (secondary N) is 1. The number of nitrogens with zero attached hydrogens (tertiary/aromatic N) is 1. The number of fused-ring (bicyclic) bond motifs is 6. The molecule has 7 heteroatoms. The van der Waals surface area contributed by atoms with Crippen molar-refractivity contribution in [3.8, 4) is 5.75 Å². The van der Waals surface area contributed by atoms with Crippen molar-refractivity contribution < 1.29 is 23.5 Å². The molecule has 3 aliphatic rings. The van der Waals surface area contributed by atoms with Gasteiger partial charge in [0.1, 0.15) is 17.2 Å². The van der Waals surface area contributed by atoms with E-state index in [2.05, 4.69) is 5.32 Å². The molecule has 0 aliphatic carbocycles. The molecule has 4 aromatic rings. The average Bonchev–Trinajstić information content (AvgIpc) is 3.70. The van der Waals surface area contributed by atoms with Crippen LogP contribution in [-0.2, 0) is 10.2 Å². The highest BCUT2D eigenvalue weighted by Crippen LogP contribution is 2.58. The Balaban J connectivity index is 1.55. The molecule has 3 aromatic carbocycles. The van der Waals surface area contributed by atoms with Gasteiger partial charge >= 0.3 is 0 Å². The number of allylic oxidation sites excluding steroid dienone is 1. The minimum absolute atomic E-state index is 0.110. The Morgan fingerprint density at radius 2 is 1.75 bits per heavy atom. The first-order valence-electron chi connectivity index (χ1n) is 13.2. The van der Waals surface area contributed by atoms with Crippen LogP contribution in [0.25, 0.3) is 5.57 Å². The molecular weight excluding hydrogens is 504 g/mol. The van der Waals surface area contributed by atoms with E-state index < -0.39 is 29.2 Å². The van der Waals surface area contributed by atoms with Gasteiger partial charge in [0.05, 0.1) is 25.3 Å². The van der Waals surface area contributed by atoms with Gasteiger partial charge in [-0.3, -0.25) is 14.4 Å². The summed E-state index contributed by atoms with van der Waals surface area (Å²) in [5, 5.41) is 3.04. The first-order valence-corrected chi connectivity index (χ1v) is 13.2. The summed E-state index contributed by atoms with van der Waals surface area (Å²) in [5.74, 6) is -1.41. The van der Waals surface area contributed by atoms with E-state index in [9.17, 15) is 14.4 Å². The maximum Gasteiger partial charge on any atom is 0.238 e. The third kappa shape index (κ3) is 3.14. The second-order valence-corrected chi connectivity index (χ2v) is 10.4. The lowest BCUT2D eigenvalue weighted by Gasteiger charge is -2.39. The number of benzene rings is 3. The highest BCUT2D eigenvalue weighted by molar-refractivity contribution is 6.18. The van der Waals surface area contributed by atoms with E-state index >= 15 is 0 Å². The molecule has 0 bridgehead atoms. The minimum Gasteiger partial charge on any atom is -0.497 e. The number of ether oxygens (including phenoxy) is 1. The number of ketones is 2. The molecule has 40 heavy (non-hydrogen) atoms. The summed E-state index contributed by atoms with van der Waals surface area (Å²) in [5.41, 5.74) is 3.09. The van der Waals surface area contributed by atoms with Gasteiger partial charge in [0.15, 0.2) is 11.5 Å². The zero-order valence-electron chi connectivity index (χ0n) is 22.0. The van der Waals surface area contributed by atoms with Crippen molar-refractivity contribution in [1.82, 2.24) is 0 Å². The number of rotatable bonds is 5. The third-order valence-corrected chi connectivity index (χ3v) is 8.55. The summed E-state index contributed by atoms with van der Waals surface area (Å²) in [7, 11) is 1.54. The van der Waals surface area contributed by atoms with Crippen LogP contribution in [0.5, 0.6) is 5.75 Å². The predicted octanol–water partition coefficient (Wildman–Crippen LogP) is 5.53. The molecule has 1 aromatic heterocycles. The molecule has 0 saturated carbocycles. The Kier molecular flexibility index (Phi) is 5.32. The van der Waals surface area contributed by atoms with Crippen molar-refractivity contribution in [2.45, 2.75) is 24.4 Å². The van der Waals surface area contributed by atoms with Crippen molar-refractivity contribution in [3.05, 3.63) is 120 Å². The molecule has 1 N–H and O–H groups in total. The number of amides is 1. The van der Waals surface area contributed by atoms with Gasteiger partial charge in [0.25, 0.3) is 0 Å². The van der Waals surface area contributed by atoms with Crippen LogP contribution in [-0.4, -0.2) is 36.7 Å². The topological polar surface area (TPSA) is 88.9 Å². The van der Waals surface area contributed by atoms with Crippen molar-refractivity contribution in [2.24, 2.45) is 5.92 Å². The summed E-state index contributed by atoms with van der Waals surface area (Å²) in [6.45, 7) is 2.00. The molecule has 7 rings (SSSR count). The fourth-order valence-electron chi connectivity index (χ4n) is 6.91. The fraction of sp³-hybridized carbons (Fsp3) is 0.182. The van der Waals surface area contributed by atoms with Gasteiger partial charge < -0.3 is 19.4 Å². The lowest BCUT2D eigenvalue weighted by Crippen LogP contribution is -2.51. The minimum atomic E-state index is -1.38. The SMILES string of the molecule is COc1cccc(C(=O)C2C(C(=O)c3ccco3)C3(C(=O)Nc4ccccc43)C3C=C(C)c4ccccc4N23)c1. The number of Topliss-reactive ketones (excluding diaryl/α,β-unsaturated/α-hetero) is 2. The molecule has 1 saturated heterocycles. The number of methoxy groups -OCH3 is 1. The summed E-state index contributed by atoms with van der Waals surface area (Å²) in [6, 6.07) is 23.8. The van der Waals surface area contributed by atoms with E-state index in [4.69, 9.17) is 9.15 Å². The Bertz CT molecular complexity index is 1720. The maximum atomic E-state index is 14.7. The molecule has 1 fully saturated rings. The van der Waals surface area contributed by atoms with Crippen LogP contribution in [0, 0.1) is 5.92 Å². The van der Waals surface area contributed by atoms with Gasteiger partial charge in [-0.25, -0.2) is 0 Å². The lowest BCUT2D eigenvalue weighted by molar-refractivity contribution is -0.121. The highest BCUT2D eigenvalue weighted by atomic mass is 16.5. The number of hydrogen-bond donors (Lipinski definition) is 1. The standard InChI is InChI=1S/C33H26N2O5/c1-19-17-27-33(23-12-4-5-13-24(23)34-32(33)38)28(31(37)26-15-8-16-40-26)29(35(27)25-14-6-3-11-22(19)25)30(36)20-9-7-10-21(18-20)39-2/h3-18,27-29H,1-2H3,(H,34,38). The normalized spacial score (nSPS) is 24.1. The van der Waals surface area contributed by atoms with Crippen LogP contribution in [0.3, 0.4) is 0 Å². The van der Waals surface area contributed by atoms with Gasteiger partial charge in [-0.15, -0.1) is 0 Å². The van der Waals surface area contributed by atoms with Gasteiger partial charge in [0.2, 0.25) is 11.7 Å². The molecule has 4 atom stereocenters. The van der Waals surface area contributed by atoms with Crippen LogP contribution >= 0.6 is 0 Å². The molecule has 198 valence electrons. The quantitative estimate of drug-likeness (QED) is 0.341. The Hall–Kier alpha value is -4.91. The smallest absolute Gasteiger partial charge is 0.238 e. The van der Waals surface area contributed by atoms with Crippen molar-refractivity contribution in [1.29, 1.82) is 0 Å². The number of carbonyl (C=O) groups is 3. The maximum absolute atomic E-state index is 14.7. The first-order chi connectivity index (χ1) is 19.5. The van der Waals surface area contributed by atoms with Crippen LogP contribution in [0.4, 0.5) is 11.4 Å². The fourth-order valence-corrected chi connectivity index (χ4v) is 6.91. The van der Waals surface area contributed by atoms with E-state index in [1.165, 1.54) is 6.26 Å². The third-order valence-electron chi connectivity index (χ3n) is 8.55. The lowest BCUT2D eigenvalue weighted by atomic mass is 9.64. The van der Waals surface area contributed by atoms with Gasteiger partial charge in [-0.2, -0.15) is 0 Å². The van der Waals surface area contributed by atoms with Crippen LogP contribution in [0.2, 0.25) is 0 Å². The molecule has 3 aliphatic heterocycles. The van der Waals surface area contributed by atoms with Crippen LogP contribution in [0.1, 0.15) is 39.0 Å². The summed E-state index contributed by atoms with van der Waals surface area (Å²) in [4.78, 5) is 45.5. The number of hydrogen-bond acceptors (Lipinski definition) is 6. The molecule has 4 heterocycles. The molecule has 4 unspecified atom stereocenters. The number of para-hydroxylation sites is 2. The molecule has 1 spiro atoms. The van der Waals surface area contributed by atoms with Gasteiger partial charge in [-0.05, 0) is 54.5 Å². The molecule has 1 amide bonds. The van der Waals surface area contributed by atoms with Gasteiger partial charge in [0, 0.05) is 22.5 Å². The predicted molar refractivity (Wildman–Crippen MR) is 151 cm³/mol. The van der Waals surface area contributed by atoms with Crippen LogP contribution in [0.15, 0.2) is 102 Å². The second kappa shape index (κ2) is 8.81. The van der Waals surface area contributed by atoms with Crippen LogP contribution < -0.4 is 15.0 Å². The summed E-state index contributed by atoms with van der Waals surface area (Å²) >= 11 is 0. The second-order valence-electron chi connectivity index (χ2n) is 10.4. The Morgan fingerprint density at radius 3 is 2.55 bits per heavy atom. The summed E-state index contributed by atoms with van der Waals surface area (Å²) in [6.07, 6.45) is 3.47. The van der Waals surface area contributed by atoms with E-state index in [1.54, 1.807) is 43.5 Å². The zero-order chi connectivity index (χ0) is 27.6. The van der Waals surface area contributed by atoms with Crippen molar-refractivity contribution in [2.75, 3.05) is 17.3 Å². The van der Waals surface area contributed by atoms with Crippen molar-refractivity contribution >= 4 is 34.4 Å². The van der Waals surface area contributed by atoms with E-state index in [0.29, 0.717) is 22.6 Å². The van der Waals surface area contributed by atoms with Gasteiger partial charge in [-0.1, -0.05) is 54.6 Å². The van der Waals surface area contributed by atoms with Crippen molar-refractivity contribution in [3.63, 3.8) is 0 Å². The number of furan rings is 1. The monoisotopic (exact) mass is 530 g/mol. The largest absolute Gasteiger partial charge is 0.497 e. The number of anilines is 2. The van der Waals surface area contributed by atoms with E-state index in [0.717, 1.165) is 16.8 Å². The molecule has 7 nitrogen and oxygen atoms in total. The zero-order valence-corrected chi connectivity index (χ0v) is 22.0. The average molecular weight is 531 g/mol. The van der Waals surface area contributed by atoms with E-state index in [1.807, 2.05) is 66.4 Å². The highest BCUT2D eigenvalue weighted by Gasteiger charge is 2.70. The number of carbonyl (C=O) groups excluding carboxylic acids is 3. The first kappa shape index (κ1) is 24.2. The Morgan fingerprint density at radius 1 is 0.950 bits per heavy atom. The van der Waals surface area contributed by atoms with E-state index in [-0.39, 0.29) is 17.5 Å². The summed E-state index contributed by atoms with van der Waals surface area (Å²) < 4.78 is 11.0. The Labute approximate surface area is 231 Å². The molecular formula is C33H26N2O5. The molecule has 0 radical (unpaired) electrons.